The molecule has 0 bridgehead atoms. The van der Waals surface area contributed by atoms with Gasteiger partial charge in [-0.2, -0.15) is 0 Å². The highest BCUT2D eigenvalue weighted by Gasteiger charge is 2.21. The Morgan fingerprint density at radius 3 is 2.21 bits per heavy atom. The highest BCUT2D eigenvalue weighted by molar-refractivity contribution is 7.92. The quantitative estimate of drug-likeness (QED) is 0.548. The lowest BCUT2D eigenvalue weighted by Gasteiger charge is -2.21. The van der Waals surface area contributed by atoms with E-state index in [9.17, 15) is 13.2 Å². The Labute approximate surface area is 196 Å². The third-order valence-electron chi connectivity index (χ3n) is 6.39. The van der Waals surface area contributed by atoms with Crippen LogP contribution in [0.2, 0.25) is 0 Å². The van der Waals surface area contributed by atoms with Gasteiger partial charge in [0.2, 0.25) is 0 Å². The number of sulfonamides is 1. The van der Waals surface area contributed by atoms with Crippen molar-refractivity contribution in [2.75, 3.05) is 11.4 Å². The zero-order valence-electron chi connectivity index (χ0n) is 19.3. The number of hydrogen-bond donors (Lipinski definition) is 1. The topological polar surface area (TPSA) is 66.5 Å². The van der Waals surface area contributed by atoms with E-state index >= 15 is 0 Å². The van der Waals surface area contributed by atoms with Crippen LogP contribution in [-0.2, 0) is 22.9 Å². The minimum absolute atomic E-state index is 0.117. The van der Waals surface area contributed by atoms with Gasteiger partial charge in [-0.25, -0.2) is 8.42 Å². The summed E-state index contributed by atoms with van der Waals surface area (Å²) in [5.41, 5.74) is 5.89. The van der Waals surface area contributed by atoms with Gasteiger partial charge in [-0.05, 0) is 92.6 Å². The summed E-state index contributed by atoms with van der Waals surface area (Å²) in [4.78, 5) is 13.0. The lowest BCUT2D eigenvalue weighted by molar-refractivity contribution is 0.0940. The normalized spacial score (nSPS) is 14.3. The number of aryl methyl sites for hydroxylation is 3. The largest absolute Gasteiger partial charge is 0.346 e. The van der Waals surface area contributed by atoms with Gasteiger partial charge >= 0.3 is 0 Å². The van der Waals surface area contributed by atoms with Crippen molar-refractivity contribution in [2.45, 2.75) is 50.5 Å². The molecule has 0 fully saturated rings. The molecule has 1 aliphatic rings. The van der Waals surface area contributed by atoms with Crippen molar-refractivity contribution in [2.24, 2.45) is 0 Å². The fourth-order valence-corrected chi connectivity index (χ4v) is 5.41. The highest BCUT2D eigenvalue weighted by atomic mass is 32.2. The van der Waals surface area contributed by atoms with E-state index in [1.54, 1.807) is 48.5 Å². The fourth-order valence-electron chi connectivity index (χ4n) is 4.22. The van der Waals surface area contributed by atoms with Gasteiger partial charge in [0.25, 0.3) is 15.9 Å². The molecule has 3 aromatic carbocycles. The second-order valence-corrected chi connectivity index (χ2v) is 10.7. The molecule has 6 heteroatoms. The summed E-state index contributed by atoms with van der Waals surface area (Å²) in [5, 5.41) is 3.06. The third kappa shape index (κ3) is 4.96. The minimum atomic E-state index is -3.67. The summed E-state index contributed by atoms with van der Waals surface area (Å²) >= 11 is 0. The van der Waals surface area contributed by atoms with Crippen LogP contribution in [0, 0.1) is 6.92 Å². The van der Waals surface area contributed by atoms with E-state index in [0.717, 1.165) is 24.0 Å². The number of benzene rings is 3. The van der Waals surface area contributed by atoms with Crippen LogP contribution < -0.4 is 9.62 Å². The van der Waals surface area contributed by atoms with Crippen molar-refractivity contribution in [1.29, 1.82) is 0 Å². The molecular weight excluding hydrogens is 432 g/mol. The maximum atomic E-state index is 12.9. The van der Waals surface area contributed by atoms with Crippen molar-refractivity contribution < 1.29 is 13.2 Å². The summed E-state index contributed by atoms with van der Waals surface area (Å²) in [6.45, 7) is 3.90. The first-order valence-electron chi connectivity index (χ1n) is 11.3. The SMILES string of the molecule is Cc1ccc(S(=O)(=O)N(C)c2ccc(C(=O)N[C@H](C)c3ccc4c(c3)CCCC4)cc2)cc1. The van der Waals surface area contributed by atoms with Crippen LogP contribution in [0.1, 0.15) is 58.4 Å². The number of nitrogens with one attached hydrogen (secondary N) is 1. The maximum Gasteiger partial charge on any atom is 0.264 e. The molecule has 4 rings (SSSR count). The van der Waals surface area contributed by atoms with Gasteiger partial charge in [0, 0.05) is 12.6 Å². The summed E-state index contributed by atoms with van der Waals surface area (Å²) in [7, 11) is -2.16. The number of fused-ring (bicyclic) bond motifs is 1. The summed E-state index contributed by atoms with van der Waals surface area (Å²) in [6, 6.07) is 19.8. The number of rotatable bonds is 6. The number of carbonyl (C=O) groups is 1. The van der Waals surface area contributed by atoms with Gasteiger partial charge in [-0.1, -0.05) is 35.9 Å². The first-order chi connectivity index (χ1) is 15.8. The van der Waals surface area contributed by atoms with Gasteiger partial charge in [-0.3, -0.25) is 9.10 Å². The second-order valence-electron chi connectivity index (χ2n) is 8.76. The summed E-state index contributed by atoms with van der Waals surface area (Å²) in [6.07, 6.45) is 4.70. The molecule has 1 aliphatic carbocycles. The first kappa shape index (κ1) is 23.1. The molecule has 172 valence electrons. The van der Waals surface area contributed by atoms with Gasteiger partial charge < -0.3 is 5.32 Å². The lowest BCUT2D eigenvalue weighted by Crippen LogP contribution is -2.28. The average molecular weight is 463 g/mol. The predicted molar refractivity (Wildman–Crippen MR) is 132 cm³/mol. The van der Waals surface area contributed by atoms with Crippen molar-refractivity contribution in [3.63, 3.8) is 0 Å². The van der Waals surface area contributed by atoms with Crippen LogP contribution in [0.25, 0.3) is 0 Å². The van der Waals surface area contributed by atoms with E-state index < -0.39 is 10.0 Å². The number of hydrogen-bond acceptors (Lipinski definition) is 3. The molecule has 0 saturated heterocycles. The number of carbonyl (C=O) groups excluding carboxylic acids is 1. The summed E-state index contributed by atoms with van der Waals surface area (Å²) in [5.74, 6) is -0.184. The average Bonchev–Trinajstić information content (AvgIpc) is 2.83. The van der Waals surface area contributed by atoms with Crippen molar-refractivity contribution >= 4 is 21.6 Å². The molecule has 0 unspecified atom stereocenters. The number of nitrogens with zero attached hydrogens (tertiary/aromatic N) is 1. The molecule has 0 spiro atoms. The van der Waals surface area contributed by atoms with E-state index in [1.807, 2.05) is 13.8 Å². The van der Waals surface area contributed by atoms with Gasteiger partial charge in [0.05, 0.1) is 16.6 Å². The molecule has 33 heavy (non-hydrogen) atoms. The first-order valence-corrected chi connectivity index (χ1v) is 12.8. The van der Waals surface area contributed by atoms with Crippen LogP contribution in [0.5, 0.6) is 0 Å². The monoisotopic (exact) mass is 462 g/mol. The molecule has 1 atom stereocenters. The Kier molecular flexibility index (Phi) is 6.56. The molecule has 0 heterocycles. The Morgan fingerprint density at radius 2 is 1.55 bits per heavy atom. The Balaban J connectivity index is 1.45. The molecule has 3 aromatic rings. The van der Waals surface area contributed by atoms with Crippen LogP contribution >= 0.6 is 0 Å². The predicted octanol–water partition coefficient (Wildman–Crippen LogP) is 5.19. The highest BCUT2D eigenvalue weighted by Crippen LogP contribution is 2.26. The molecule has 0 saturated carbocycles. The van der Waals surface area contributed by atoms with E-state index in [-0.39, 0.29) is 16.8 Å². The Bertz CT molecular complexity index is 1250. The fraction of sp³-hybridized carbons (Fsp3) is 0.296. The van der Waals surface area contributed by atoms with E-state index in [4.69, 9.17) is 0 Å². The van der Waals surface area contributed by atoms with Crippen LogP contribution in [0.15, 0.2) is 71.6 Å². The van der Waals surface area contributed by atoms with Crippen LogP contribution in [0.3, 0.4) is 0 Å². The smallest absolute Gasteiger partial charge is 0.264 e. The molecule has 1 amide bonds. The van der Waals surface area contributed by atoms with Crippen LogP contribution in [0.4, 0.5) is 5.69 Å². The molecule has 0 aliphatic heterocycles. The van der Waals surface area contributed by atoms with Crippen molar-refractivity contribution in [1.82, 2.24) is 5.32 Å². The summed E-state index contributed by atoms with van der Waals surface area (Å²) < 4.78 is 27.1. The number of amides is 1. The molecule has 1 N–H and O–H groups in total. The van der Waals surface area contributed by atoms with E-state index in [2.05, 4.69) is 23.5 Å². The second kappa shape index (κ2) is 9.40. The van der Waals surface area contributed by atoms with E-state index in [0.29, 0.717) is 11.3 Å². The molecule has 5 nitrogen and oxygen atoms in total. The molecular formula is C27H30N2O3S. The minimum Gasteiger partial charge on any atom is -0.346 e. The van der Waals surface area contributed by atoms with Crippen molar-refractivity contribution in [3.05, 3.63) is 94.5 Å². The van der Waals surface area contributed by atoms with Gasteiger partial charge in [0.1, 0.15) is 0 Å². The number of anilines is 1. The Hall–Kier alpha value is -3.12. The van der Waals surface area contributed by atoms with Gasteiger partial charge in [-0.15, -0.1) is 0 Å². The van der Waals surface area contributed by atoms with Crippen molar-refractivity contribution in [3.8, 4) is 0 Å². The zero-order valence-corrected chi connectivity index (χ0v) is 20.2. The third-order valence-corrected chi connectivity index (χ3v) is 8.19. The molecule has 0 radical (unpaired) electrons. The molecule has 0 aromatic heterocycles. The zero-order chi connectivity index (χ0) is 23.6. The maximum absolute atomic E-state index is 12.9. The standard InChI is InChI=1S/C27H30N2O3S/c1-19-8-16-26(17-9-19)33(31,32)29(3)25-14-12-22(13-15-25)27(30)28-20(2)23-11-10-21-6-4-5-7-24(21)18-23/h8-18,20H,4-7H2,1-3H3,(H,28,30)/t20-/m1/s1. The van der Waals surface area contributed by atoms with Crippen LogP contribution in [-0.4, -0.2) is 21.4 Å². The van der Waals surface area contributed by atoms with Gasteiger partial charge in [0.15, 0.2) is 0 Å². The van der Waals surface area contributed by atoms with E-state index in [1.165, 1.54) is 35.3 Å². The Morgan fingerprint density at radius 1 is 0.909 bits per heavy atom. The lowest BCUT2D eigenvalue weighted by atomic mass is 9.89.